The number of para-hydroxylation sites is 4. The van der Waals surface area contributed by atoms with E-state index in [1.807, 2.05) is 0 Å². The topological polar surface area (TPSA) is 6.48 Å². The summed E-state index contributed by atoms with van der Waals surface area (Å²) in [5.74, 6) is 0.192. The summed E-state index contributed by atoms with van der Waals surface area (Å²) >= 11 is 0. The van der Waals surface area contributed by atoms with E-state index in [1.54, 1.807) is 0 Å². The van der Waals surface area contributed by atoms with Crippen LogP contribution in [0.25, 0.3) is 5.70 Å². The zero-order valence-corrected chi connectivity index (χ0v) is 23.3. The van der Waals surface area contributed by atoms with Crippen LogP contribution in [0.4, 0.5) is 22.7 Å². The van der Waals surface area contributed by atoms with Gasteiger partial charge in [0.2, 0.25) is 0 Å². The predicted octanol–water partition coefficient (Wildman–Crippen LogP) is 10.1. The van der Waals surface area contributed by atoms with Gasteiger partial charge in [0, 0.05) is 46.3 Å². The Bertz CT molecular complexity index is 1800. The fourth-order valence-electron chi connectivity index (χ4n) is 6.79. The zero-order chi connectivity index (χ0) is 27.9. The van der Waals surface area contributed by atoms with Crippen LogP contribution in [-0.2, 0) is 6.42 Å². The van der Waals surface area contributed by atoms with Gasteiger partial charge in [0.15, 0.2) is 0 Å². The summed E-state index contributed by atoms with van der Waals surface area (Å²) in [5.41, 5.74) is 14.1. The molecule has 0 saturated carbocycles. The Morgan fingerprint density at radius 2 is 1.05 bits per heavy atom. The number of hydrogen-bond donors (Lipinski definition) is 0. The van der Waals surface area contributed by atoms with Crippen molar-refractivity contribution in [2.75, 3.05) is 9.80 Å². The van der Waals surface area contributed by atoms with Crippen molar-refractivity contribution in [1.29, 1.82) is 0 Å². The second-order valence-corrected chi connectivity index (χ2v) is 11.0. The number of anilines is 4. The molecule has 0 saturated heterocycles. The highest BCUT2D eigenvalue weighted by Crippen LogP contribution is 2.53. The Kier molecular flexibility index (Phi) is 5.97. The molecule has 0 radical (unpaired) electrons. The van der Waals surface area contributed by atoms with Crippen LogP contribution in [0.2, 0.25) is 0 Å². The van der Waals surface area contributed by atoms with Gasteiger partial charge in [-0.3, -0.25) is 0 Å². The molecule has 0 N–H and O–H groups in total. The van der Waals surface area contributed by atoms with Gasteiger partial charge in [0.25, 0.3) is 0 Å². The molecule has 0 bridgehead atoms. The quantitative estimate of drug-likeness (QED) is 0.212. The predicted molar refractivity (Wildman–Crippen MR) is 175 cm³/mol. The van der Waals surface area contributed by atoms with Gasteiger partial charge in [-0.25, -0.2) is 0 Å². The molecule has 1 unspecified atom stereocenters. The monoisotopic (exact) mass is 538 g/mol. The van der Waals surface area contributed by atoms with E-state index in [1.165, 1.54) is 50.6 Å². The van der Waals surface area contributed by atoms with Crippen molar-refractivity contribution in [3.05, 3.63) is 197 Å². The van der Waals surface area contributed by atoms with Gasteiger partial charge in [0.1, 0.15) is 0 Å². The summed E-state index contributed by atoms with van der Waals surface area (Å²) in [6.45, 7) is 0. The van der Waals surface area contributed by atoms with Crippen molar-refractivity contribution in [2.24, 2.45) is 0 Å². The molecular weight excluding hydrogens is 508 g/mol. The van der Waals surface area contributed by atoms with Gasteiger partial charge in [0.05, 0.1) is 5.70 Å². The maximum atomic E-state index is 2.46. The van der Waals surface area contributed by atoms with Crippen molar-refractivity contribution < 1.29 is 0 Å². The maximum absolute atomic E-state index is 2.46. The molecule has 0 amide bonds. The van der Waals surface area contributed by atoms with Gasteiger partial charge in [-0.1, -0.05) is 109 Å². The third kappa shape index (κ3) is 4.03. The first-order valence-corrected chi connectivity index (χ1v) is 14.6. The Hall–Kier alpha value is -5.34. The van der Waals surface area contributed by atoms with Gasteiger partial charge in [-0.2, -0.15) is 0 Å². The molecule has 2 nitrogen and oxygen atoms in total. The third-order valence-electron chi connectivity index (χ3n) is 8.53. The summed E-state index contributed by atoms with van der Waals surface area (Å²) < 4.78 is 0. The van der Waals surface area contributed by atoms with Crippen molar-refractivity contribution >= 4 is 28.4 Å². The lowest BCUT2D eigenvalue weighted by Gasteiger charge is -2.42. The number of benzene rings is 5. The minimum absolute atomic E-state index is 0.192. The molecule has 8 rings (SSSR count). The minimum Gasteiger partial charge on any atom is -0.314 e. The fraction of sp³-hybridized carbons (Fsp3) is 0.0500. The first-order chi connectivity index (χ1) is 20.9. The number of nitrogens with zero attached hydrogens (tertiary/aromatic N) is 2. The van der Waals surface area contributed by atoms with E-state index in [9.17, 15) is 0 Å². The van der Waals surface area contributed by atoms with Crippen LogP contribution < -0.4 is 9.80 Å². The molecule has 3 aliphatic carbocycles. The first kappa shape index (κ1) is 24.5. The SMILES string of the molecule is C1=CC2=C(N(c3ccccc3)c3ccccc3)Cc3cccc4c3C2C(=C1)C=C4N(c1ccccc1)c1ccccc1. The number of hydrogen-bond acceptors (Lipinski definition) is 2. The van der Waals surface area contributed by atoms with Crippen molar-refractivity contribution in [3.63, 3.8) is 0 Å². The molecule has 5 aromatic carbocycles. The molecule has 5 aromatic rings. The normalized spacial score (nSPS) is 16.3. The molecule has 1 atom stereocenters. The summed E-state index contributed by atoms with van der Waals surface area (Å²) in [6, 6.07) is 49.9. The summed E-state index contributed by atoms with van der Waals surface area (Å²) in [7, 11) is 0. The van der Waals surface area contributed by atoms with Crippen molar-refractivity contribution in [3.8, 4) is 0 Å². The highest BCUT2D eigenvalue weighted by molar-refractivity contribution is 5.93. The van der Waals surface area contributed by atoms with Gasteiger partial charge in [-0.05, 0) is 76.9 Å². The van der Waals surface area contributed by atoms with Crippen LogP contribution in [0.1, 0.15) is 22.6 Å². The van der Waals surface area contributed by atoms with Crippen LogP contribution in [0, 0.1) is 0 Å². The van der Waals surface area contributed by atoms with E-state index in [2.05, 4.69) is 174 Å². The van der Waals surface area contributed by atoms with E-state index in [0.29, 0.717) is 0 Å². The van der Waals surface area contributed by atoms with Crippen LogP contribution in [0.5, 0.6) is 0 Å². The zero-order valence-electron chi connectivity index (χ0n) is 23.3. The standard InChI is InChI=1S/C40H30N2/c1-5-17-31(18-6-1)41(32-19-7-2-8-20-32)37-27-29-15-14-26-36-38(28-30-16-13-25-35(37)39(30)40(29)36)42(33-21-9-3-10-22-33)34-23-11-4-12-24-34/h1-27,40H,28H2. The molecule has 3 aliphatic rings. The third-order valence-corrected chi connectivity index (χ3v) is 8.53. The highest BCUT2D eigenvalue weighted by atomic mass is 15.2. The van der Waals surface area contributed by atoms with E-state index in [0.717, 1.165) is 17.8 Å². The van der Waals surface area contributed by atoms with E-state index < -0.39 is 0 Å². The number of rotatable bonds is 6. The average molecular weight is 539 g/mol. The smallest absolute Gasteiger partial charge is 0.0540 e. The molecule has 0 aromatic heterocycles. The maximum Gasteiger partial charge on any atom is 0.0540 e. The van der Waals surface area contributed by atoms with Crippen LogP contribution in [-0.4, -0.2) is 0 Å². The molecule has 0 fully saturated rings. The van der Waals surface area contributed by atoms with Crippen LogP contribution in [0.3, 0.4) is 0 Å². The molecular formula is C40H30N2. The van der Waals surface area contributed by atoms with E-state index in [-0.39, 0.29) is 5.92 Å². The second-order valence-electron chi connectivity index (χ2n) is 11.0. The van der Waals surface area contributed by atoms with Crippen LogP contribution >= 0.6 is 0 Å². The fourth-order valence-corrected chi connectivity index (χ4v) is 6.79. The second kappa shape index (κ2) is 10.2. The lowest BCUT2D eigenvalue weighted by Crippen LogP contribution is -2.30. The summed E-state index contributed by atoms with van der Waals surface area (Å²) in [4.78, 5) is 4.86. The average Bonchev–Trinajstić information content (AvgIpc) is 3.06. The Morgan fingerprint density at radius 3 is 1.60 bits per heavy atom. The largest absolute Gasteiger partial charge is 0.314 e. The lowest BCUT2D eigenvalue weighted by atomic mass is 9.69. The van der Waals surface area contributed by atoms with Gasteiger partial charge in [-0.15, -0.1) is 0 Å². The Morgan fingerprint density at radius 1 is 0.524 bits per heavy atom. The van der Waals surface area contributed by atoms with Gasteiger partial charge >= 0.3 is 0 Å². The molecule has 0 aliphatic heterocycles. The lowest BCUT2D eigenvalue weighted by molar-refractivity contribution is 0.834. The molecule has 0 heterocycles. The van der Waals surface area contributed by atoms with E-state index >= 15 is 0 Å². The molecule has 2 heteroatoms. The highest BCUT2D eigenvalue weighted by Gasteiger charge is 2.38. The van der Waals surface area contributed by atoms with E-state index in [4.69, 9.17) is 0 Å². The van der Waals surface area contributed by atoms with Crippen molar-refractivity contribution in [2.45, 2.75) is 12.3 Å². The Balaban J connectivity index is 1.34. The molecule has 0 spiro atoms. The molecule has 200 valence electrons. The van der Waals surface area contributed by atoms with Crippen molar-refractivity contribution in [1.82, 2.24) is 0 Å². The summed E-state index contributed by atoms with van der Waals surface area (Å²) in [6.07, 6.45) is 10.2. The van der Waals surface area contributed by atoms with Gasteiger partial charge < -0.3 is 9.80 Å². The minimum atomic E-state index is 0.192. The molecule has 42 heavy (non-hydrogen) atoms. The number of allylic oxidation sites excluding steroid dienone is 7. The Labute approximate surface area is 247 Å². The first-order valence-electron chi connectivity index (χ1n) is 14.6. The summed E-state index contributed by atoms with van der Waals surface area (Å²) in [5, 5.41) is 0. The van der Waals surface area contributed by atoms with Crippen LogP contribution in [0.15, 0.2) is 181 Å².